The Bertz CT molecular complexity index is 458. The van der Waals surface area contributed by atoms with Crippen LogP contribution in [0.4, 0.5) is 4.39 Å². The average Bonchev–Trinajstić information content (AvgIpc) is 2.45. The SMILES string of the molecule is COC1(C(N)Cc2cccc(F)c2Br)CCC(C)CC1. The average molecular weight is 344 g/mol. The van der Waals surface area contributed by atoms with Gasteiger partial charge >= 0.3 is 0 Å². The molecule has 0 spiro atoms. The van der Waals surface area contributed by atoms with Gasteiger partial charge in [0.2, 0.25) is 0 Å². The lowest BCUT2D eigenvalue weighted by molar-refractivity contribution is -0.0659. The predicted octanol–water partition coefficient (Wildman–Crippen LogP) is 4.05. The molecule has 0 aromatic heterocycles. The zero-order valence-corrected chi connectivity index (χ0v) is 13.7. The first-order chi connectivity index (χ1) is 9.48. The van der Waals surface area contributed by atoms with Crippen LogP contribution in [0.3, 0.4) is 0 Å². The second kappa shape index (κ2) is 6.54. The molecular weight excluding hydrogens is 321 g/mol. The van der Waals surface area contributed by atoms with E-state index in [1.165, 1.54) is 6.07 Å². The molecule has 1 aromatic carbocycles. The number of benzene rings is 1. The molecule has 1 unspecified atom stereocenters. The smallest absolute Gasteiger partial charge is 0.137 e. The van der Waals surface area contributed by atoms with Gasteiger partial charge in [-0.05, 0) is 65.6 Å². The Balaban J connectivity index is 2.13. The Morgan fingerprint density at radius 1 is 1.45 bits per heavy atom. The van der Waals surface area contributed by atoms with Gasteiger partial charge in [-0.15, -0.1) is 0 Å². The van der Waals surface area contributed by atoms with E-state index < -0.39 is 0 Å². The molecule has 1 aliphatic carbocycles. The van der Waals surface area contributed by atoms with Crippen LogP contribution in [0.1, 0.15) is 38.2 Å². The number of hydrogen-bond acceptors (Lipinski definition) is 2. The van der Waals surface area contributed by atoms with Crippen molar-refractivity contribution < 1.29 is 9.13 Å². The van der Waals surface area contributed by atoms with Crippen LogP contribution in [0.5, 0.6) is 0 Å². The van der Waals surface area contributed by atoms with E-state index in [1.807, 2.05) is 6.07 Å². The van der Waals surface area contributed by atoms with E-state index in [2.05, 4.69) is 22.9 Å². The fourth-order valence-electron chi connectivity index (χ4n) is 3.11. The largest absolute Gasteiger partial charge is 0.377 e. The second-order valence-electron chi connectivity index (χ2n) is 5.97. The van der Waals surface area contributed by atoms with Crippen molar-refractivity contribution in [2.24, 2.45) is 11.7 Å². The van der Waals surface area contributed by atoms with Crippen molar-refractivity contribution in [1.82, 2.24) is 0 Å². The molecule has 2 nitrogen and oxygen atoms in total. The molecule has 0 bridgehead atoms. The summed E-state index contributed by atoms with van der Waals surface area (Å²) in [5, 5.41) is 0. The Morgan fingerprint density at radius 2 is 2.10 bits per heavy atom. The van der Waals surface area contributed by atoms with Crippen molar-refractivity contribution in [2.45, 2.75) is 50.7 Å². The fraction of sp³-hybridized carbons (Fsp3) is 0.625. The minimum absolute atomic E-state index is 0.113. The molecular formula is C16H23BrFNO. The van der Waals surface area contributed by atoms with Crippen molar-refractivity contribution in [1.29, 1.82) is 0 Å². The first kappa shape index (κ1) is 15.9. The van der Waals surface area contributed by atoms with Crippen LogP contribution in [0, 0.1) is 11.7 Å². The van der Waals surface area contributed by atoms with Crippen LogP contribution in [0.15, 0.2) is 22.7 Å². The first-order valence-electron chi connectivity index (χ1n) is 7.22. The fourth-order valence-corrected chi connectivity index (χ4v) is 3.53. The maximum absolute atomic E-state index is 13.6. The molecule has 1 atom stereocenters. The monoisotopic (exact) mass is 343 g/mol. The maximum Gasteiger partial charge on any atom is 0.137 e. The van der Waals surface area contributed by atoms with Crippen LogP contribution >= 0.6 is 15.9 Å². The highest BCUT2D eigenvalue weighted by atomic mass is 79.9. The highest BCUT2D eigenvalue weighted by Crippen LogP contribution is 2.37. The molecule has 0 heterocycles. The maximum atomic E-state index is 13.6. The van der Waals surface area contributed by atoms with Crippen LogP contribution in [-0.2, 0) is 11.2 Å². The van der Waals surface area contributed by atoms with Gasteiger partial charge < -0.3 is 10.5 Å². The minimum Gasteiger partial charge on any atom is -0.377 e. The minimum atomic E-state index is -0.266. The Labute approximate surface area is 129 Å². The zero-order chi connectivity index (χ0) is 14.8. The van der Waals surface area contributed by atoms with E-state index >= 15 is 0 Å². The van der Waals surface area contributed by atoms with Gasteiger partial charge in [-0.1, -0.05) is 19.1 Å². The molecule has 112 valence electrons. The number of nitrogens with two attached hydrogens (primary N) is 1. The lowest BCUT2D eigenvalue weighted by atomic mass is 9.74. The predicted molar refractivity (Wildman–Crippen MR) is 83.2 cm³/mol. The van der Waals surface area contributed by atoms with E-state index in [0.29, 0.717) is 10.9 Å². The van der Waals surface area contributed by atoms with Crippen molar-refractivity contribution in [3.05, 3.63) is 34.1 Å². The second-order valence-corrected chi connectivity index (χ2v) is 6.77. The highest BCUT2D eigenvalue weighted by molar-refractivity contribution is 9.10. The summed E-state index contributed by atoms with van der Waals surface area (Å²) in [5.74, 6) is 0.504. The summed E-state index contributed by atoms with van der Waals surface area (Å²) in [4.78, 5) is 0. The molecule has 20 heavy (non-hydrogen) atoms. The van der Waals surface area contributed by atoms with E-state index in [4.69, 9.17) is 10.5 Å². The van der Waals surface area contributed by atoms with Crippen molar-refractivity contribution in [3.63, 3.8) is 0 Å². The van der Waals surface area contributed by atoms with Gasteiger partial charge in [-0.2, -0.15) is 0 Å². The molecule has 2 rings (SSSR count). The molecule has 0 radical (unpaired) electrons. The third-order valence-electron chi connectivity index (χ3n) is 4.67. The van der Waals surface area contributed by atoms with Gasteiger partial charge in [0.25, 0.3) is 0 Å². The third-order valence-corrected chi connectivity index (χ3v) is 5.56. The molecule has 0 aliphatic heterocycles. The topological polar surface area (TPSA) is 35.2 Å². The molecule has 1 saturated carbocycles. The third kappa shape index (κ3) is 3.23. The molecule has 4 heteroatoms. The number of rotatable bonds is 4. The quantitative estimate of drug-likeness (QED) is 0.894. The summed E-state index contributed by atoms with van der Waals surface area (Å²) >= 11 is 3.31. The molecule has 1 aliphatic rings. The molecule has 1 aromatic rings. The first-order valence-corrected chi connectivity index (χ1v) is 8.01. The Morgan fingerprint density at radius 3 is 2.70 bits per heavy atom. The number of methoxy groups -OCH3 is 1. The van der Waals surface area contributed by atoms with E-state index in [0.717, 1.165) is 37.2 Å². The molecule has 0 amide bonds. The summed E-state index contributed by atoms with van der Waals surface area (Å²) in [6.45, 7) is 2.27. The van der Waals surface area contributed by atoms with Crippen molar-refractivity contribution in [3.8, 4) is 0 Å². The highest BCUT2D eigenvalue weighted by Gasteiger charge is 2.39. The summed E-state index contributed by atoms with van der Waals surface area (Å²) in [5.41, 5.74) is 7.07. The van der Waals surface area contributed by atoms with Gasteiger partial charge in [0.1, 0.15) is 5.82 Å². The van der Waals surface area contributed by atoms with Crippen LogP contribution in [-0.4, -0.2) is 18.8 Å². The van der Waals surface area contributed by atoms with Gasteiger partial charge in [0.05, 0.1) is 10.1 Å². The molecule has 0 saturated heterocycles. The lowest BCUT2D eigenvalue weighted by Gasteiger charge is -2.42. The normalized spacial score (nSPS) is 28.4. The van der Waals surface area contributed by atoms with Crippen LogP contribution in [0.25, 0.3) is 0 Å². The lowest BCUT2D eigenvalue weighted by Crippen LogP contribution is -2.52. The molecule has 2 N–H and O–H groups in total. The summed E-state index contributed by atoms with van der Waals surface area (Å²) in [7, 11) is 1.75. The van der Waals surface area contributed by atoms with Gasteiger partial charge in [-0.3, -0.25) is 0 Å². The summed E-state index contributed by atoms with van der Waals surface area (Å²) in [6, 6.07) is 4.98. The van der Waals surface area contributed by atoms with E-state index in [-0.39, 0.29) is 17.5 Å². The number of halogens is 2. The summed E-state index contributed by atoms with van der Waals surface area (Å²) < 4.78 is 19.9. The molecule has 1 fully saturated rings. The zero-order valence-electron chi connectivity index (χ0n) is 12.2. The Kier molecular flexibility index (Phi) is 5.21. The standard InChI is InChI=1S/C16H23BrFNO/c1-11-6-8-16(20-2,9-7-11)14(19)10-12-4-3-5-13(18)15(12)17/h3-5,11,14H,6-10,19H2,1-2H3. The summed E-state index contributed by atoms with van der Waals surface area (Å²) in [6.07, 6.45) is 4.88. The van der Waals surface area contributed by atoms with Crippen molar-refractivity contribution >= 4 is 15.9 Å². The van der Waals surface area contributed by atoms with Gasteiger partial charge in [-0.25, -0.2) is 4.39 Å². The Hall–Kier alpha value is -0.450. The number of ether oxygens (including phenoxy) is 1. The van der Waals surface area contributed by atoms with E-state index in [9.17, 15) is 4.39 Å². The van der Waals surface area contributed by atoms with Gasteiger partial charge in [0, 0.05) is 13.2 Å². The number of hydrogen-bond donors (Lipinski definition) is 1. The van der Waals surface area contributed by atoms with Gasteiger partial charge in [0.15, 0.2) is 0 Å². The van der Waals surface area contributed by atoms with Crippen molar-refractivity contribution in [2.75, 3.05) is 7.11 Å². The van der Waals surface area contributed by atoms with E-state index in [1.54, 1.807) is 13.2 Å². The van der Waals surface area contributed by atoms with Crippen LogP contribution < -0.4 is 5.73 Å². The van der Waals surface area contributed by atoms with Crippen LogP contribution in [0.2, 0.25) is 0 Å².